The first-order chi connectivity index (χ1) is 6.63. The normalized spacial score (nSPS) is 10.6. The predicted molar refractivity (Wildman–Crippen MR) is 60.3 cm³/mol. The van der Waals surface area contributed by atoms with Crippen LogP contribution in [0.1, 0.15) is 40.5 Å². The van der Waals surface area contributed by atoms with Crippen LogP contribution in [-0.2, 0) is 4.79 Å². The monoisotopic (exact) mass is 200 g/mol. The van der Waals surface area contributed by atoms with Gasteiger partial charge in [-0.25, -0.2) is 0 Å². The Kier molecular flexibility index (Phi) is 7.48. The van der Waals surface area contributed by atoms with Crippen molar-refractivity contribution in [2.75, 3.05) is 19.6 Å². The zero-order valence-corrected chi connectivity index (χ0v) is 9.97. The van der Waals surface area contributed by atoms with Gasteiger partial charge in [-0.2, -0.15) is 0 Å². The van der Waals surface area contributed by atoms with Crippen molar-refractivity contribution in [3.8, 4) is 0 Å². The molecular weight excluding hydrogens is 176 g/mol. The second-order valence-electron chi connectivity index (χ2n) is 3.78. The second kappa shape index (κ2) is 7.80. The average molecular weight is 200 g/mol. The second-order valence-corrected chi connectivity index (χ2v) is 3.78. The number of hydrogen-bond acceptors (Lipinski definition) is 2. The molecule has 0 atom stereocenters. The van der Waals surface area contributed by atoms with Gasteiger partial charge in [-0.1, -0.05) is 13.8 Å². The van der Waals surface area contributed by atoms with Gasteiger partial charge in [0, 0.05) is 25.6 Å². The van der Waals surface area contributed by atoms with Crippen LogP contribution in [0.5, 0.6) is 0 Å². The summed E-state index contributed by atoms with van der Waals surface area (Å²) in [6.07, 6.45) is 1.65. The van der Waals surface area contributed by atoms with Gasteiger partial charge in [-0.05, 0) is 26.8 Å². The van der Waals surface area contributed by atoms with Crippen molar-refractivity contribution in [2.45, 2.75) is 46.6 Å². The van der Waals surface area contributed by atoms with Gasteiger partial charge >= 0.3 is 0 Å². The lowest BCUT2D eigenvalue weighted by molar-refractivity contribution is -0.132. The highest BCUT2D eigenvalue weighted by Crippen LogP contribution is 2.02. The fraction of sp³-hybridized carbons (Fsp3) is 0.909. The summed E-state index contributed by atoms with van der Waals surface area (Å²) in [6, 6.07) is 0.323. The van der Waals surface area contributed by atoms with Crippen LogP contribution in [0.2, 0.25) is 0 Å². The first kappa shape index (κ1) is 13.4. The molecule has 0 unspecified atom stereocenters. The molecule has 0 aliphatic heterocycles. The minimum absolute atomic E-state index is 0.266. The van der Waals surface area contributed by atoms with Crippen molar-refractivity contribution in [1.82, 2.24) is 10.2 Å². The molecule has 14 heavy (non-hydrogen) atoms. The molecule has 0 rings (SSSR count). The van der Waals surface area contributed by atoms with Crippen LogP contribution >= 0.6 is 0 Å². The predicted octanol–water partition coefficient (Wildman–Crippen LogP) is 1.63. The van der Waals surface area contributed by atoms with Crippen LogP contribution in [0.15, 0.2) is 0 Å². The topological polar surface area (TPSA) is 32.3 Å². The van der Waals surface area contributed by atoms with E-state index < -0.39 is 0 Å². The van der Waals surface area contributed by atoms with E-state index in [1.165, 1.54) is 0 Å². The van der Waals surface area contributed by atoms with Gasteiger partial charge in [-0.15, -0.1) is 0 Å². The largest absolute Gasteiger partial charge is 0.340 e. The van der Waals surface area contributed by atoms with E-state index in [4.69, 9.17) is 0 Å². The zero-order valence-electron chi connectivity index (χ0n) is 9.97. The number of nitrogens with one attached hydrogen (secondary N) is 1. The van der Waals surface area contributed by atoms with E-state index in [-0.39, 0.29) is 5.91 Å². The summed E-state index contributed by atoms with van der Waals surface area (Å²) >= 11 is 0. The molecule has 0 spiro atoms. The lowest BCUT2D eigenvalue weighted by Crippen LogP contribution is -2.38. The maximum absolute atomic E-state index is 11.7. The Morgan fingerprint density at radius 3 is 2.43 bits per heavy atom. The lowest BCUT2D eigenvalue weighted by atomic mass is 10.2. The van der Waals surface area contributed by atoms with E-state index in [1.807, 2.05) is 4.90 Å². The minimum Gasteiger partial charge on any atom is -0.340 e. The van der Waals surface area contributed by atoms with Gasteiger partial charge in [0.25, 0.3) is 0 Å². The smallest absolute Gasteiger partial charge is 0.224 e. The molecule has 0 aliphatic rings. The van der Waals surface area contributed by atoms with Crippen molar-refractivity contribution in [3.63, 3.8) is 0 Å². The van der Waals surface area contributed by atoms with E-state index in [1.54, 1.807) is 0 Å². The van der Waals surface area contributed by atoms with Crippen molar-refractivity contribution in [3.05, 3.63) is 0 Å². The van der Waals surface area contributed by atoms with Crippen LogP contribution in [0, 0.1) is 0 Å². The Morgan fingerprint density at radius 2 is 2.00 bits per heavy atom. The van der Waals surface area contributed by atoms with Crippen molar-refractivity contribution in [1.29, 1.82) is 0 Å². The molecule has 0 aromatic heterocycles. The van der Waals surface area contributed by atoms with E-state index in [9.17, 15) is 4.79 Å². The molecule has 0 aromatic carbocycles. The molecule has 0 aliphatic carbocycles. The van der Waals surface area contributed by atoms with Crippen molar-refractivity contribution < 1.29 is 4.79 Å². The SMILES string of the molecule is CCCN(C(=O)CCNCC)C(C)C. The van der Waals surface area contributed by atoms with Crippen LogP contribution in [0.25, 0.3) is 0 Å². The molecule has 0 saturated heterocycles. The summed E-state index contributed by atoms with van der Waals surface area (Å²) in [7, 11) is 0. The molecule has 0 heterocycles. The van der Waals surface area contributed by atoms with E-state index in [2.05, 4.69) is 33.0 Å². The molecule has 1 N–H and O–H groups in total. The molecule has 0 saturated carbocycles. The van der Waals surface area contributed by atoms with Gasteiger partial charge in [0.2, 0.25) is 5.91 Å². The number of rotatable bonds is 7. The van der Waals surface area contributed by atoms with Crippen molar-refractivity contribution in [2.24, 2.45) is 0 Å². The third-order valence-electron chi connectivity index (χ3n) is 2.17. The summed E-state index contributed by atoms with van der Waals surface area (Å²) in [5.74, 6) is 0.266. The standard InChI is InChI=1S/C11H24N2O/c1-5-9-13(10(3)4)11(14)7-8-12-6-2/h10,12H,5-9H2,1-4H3. The van der Waals surface area contributed by atoms with Crippen molar-refractivity contribution >= 4 is 5.91 Å². The molecule has 0 bridgehead atoms. The number of carbonyl (C=O) groups is 1. The Labute approximate surface area is 87.9 Å². The Balaban J connectivity index is 3.89. The van der Waals surface area contributed by atoms with E-state index in [0.717, 1.165) is 26.1 Å². The first-order valence-electron chi connectivity index (χ1n) is 5.63. The van der Waals surface area contributed by atoms with Crippen LogP contribution < -0.4 is 5.32 Å². The minimum atomic E-state index is 0.266. The maximum atomic E-state index is 11.7. The molecule has 1 amide bonds. The van der Waals surface area contributed by atoms with Gasteiger partial charge in [0.1, 0.15) is 0 Å². The van der Waals surface area contributed by atoms with Gasteiger partial charge in [-0.3, -0.25) is 4.79 Å². The highest BCUT2D eigenvalue weighted by molar-refractivity contribution is 5.76. The Hall–Kier alpha value is -0.570. The summed E-state index contributed by atoms with van der Waals surface area (Å²) in [5, 5.41) is 3.17. The molecule has 0 aromatic rings. The number of hydrogen-bond donors (Lipinski definition) is 1. The van der Waals surface area contributed by atoms with Gasteiger partial charge in [0.15, 0.2) is 0 Å². The van der Waals surface area contributed by atoms with E-state index in [0.29, 0.717) is 12.5 Å². The van der Waals surface area contributed by atoms with Crippen LogP contribution in [-0.4, -0.2) is 36.5 Å². The zero-order chi connectivity index (χ0) is 11.0. The molecule has 3 heteroatoms. The fourth-order valence-corrected chi connectivity index (χ4v) is 1.43. The number of nitrogens with zero attached hydrogens (tertiary/aromatic N) is 1. The highest BCUT2D eigenvalue weighted by atomic mass is 16.2. The molecule has 84 valence electrons. The van der Waals surface area contributed by atoms with E-state index >= 15 is 0 Å². The maximum Gasteiger partial charge on any atom is 0.224 e. The Bertz CT molecular complexity index is 157. The van der Waals surface area contributed by atoms with Gasteiger partial charge < -0.3 is 10.2 Å². The third kappa shape index (κ3) is 5.22. The fourth-order valence-electron chi connectivity index (χ4n) is 1.43. The molecule has 3 nitrogen and oxygen atoms in total. The number of amides is 1. The summed E-state index contributed by atoms with van der Waals surface area (Å²) < 4.78 is 0. The summed E-state index contributed by atoms with van der Waals surface area (Å²) in [4.78, 5) is 13.7. The number of carbonyl (C=O) groups excluding carboxylic acids is 1. The van der Waals surface area contributed by atoms with Gasteiger partial charge in [0.05, 0.1) is 0 Å². The highest BCUT2D eigenvalue weighted by Gasteiger charge is 2.14. The van der Waals surface area contributed by atoms with Crippen LogP contribution in [0.4, 0.5) is 0 Å². The lowest BCUT2D eigenvalue weighted by Gasteiger charge is -2.26. The third-order valence-corrected chi connectivity index (χ3v) is 2.17. The summed E-state index contributed by atoms with van der Waals surface area (Å²) in [5.41, 5.74) is 0. The summed E-state index contributed by atoms with van der Waals surface area (Å²) in [6.45, 7) is 10.9. The molecule has 0 fully saturated rings. The molecule has 0 radical (unpaired) electrons. The average Bonchev–Trinajstić information content (AvgIpc) is 2.13. The Morgan fingerprint density at radius 1 is 1.36 bits per heavy atom. The van der Waals surface area contributed by atoms with Crippen LogP contribution in [0.3, 0.4) is 0 Å². The quantitative estimate of drug-likeness (QED) is 0.634. The first-order valence-corrected chi connectivity index (χ1v) is 5.63. The molecular formula is C11H24N2O.